The molecule has 1 aromatic carbocycles. The largest absolute Gasteiger partial charge is 0.367 e. The van der Waals surface area contributed by atoms with Crippen molar-refractivity contribution in [1.82, 2.24) is 24.7 Å². The van der Waals surface area contributed by atoms with Crippen LogP contribution in [0.5, 0.6) is 0 Å². The Morgan fingerprint density at radius 1 is 1.11 bits per heavy atom. The molecule has 1 fully saturated rings. The van der Waals surface area contributed by atoms with Crippen LogP contribution in [-0.2, 0) is 16.2 Å². The molecule has 35 heavy (non-hydrogen) atoms. The highest BCUT2D eigenvalue weighted by molar-refractivity contribution is 5.92. The molecule has 5 rings (SSSR count). The Bertz CT molecular complexity index is 1390. The lowest BCUT2D eigenvalue weighted by Gasteiger charge is -2.36. The van der Waals surface area contributed by atoms with Gasteiger partial charge in [-0.15, -0.1) is 0 Å². The quantitative estimate of drug-likeness (QED) is 0.420. The standard InChI is InChI=1S/C25H26F2N6O2/c1-14-7-20-23(19-6-5-18(26)8-21(19)27)30-25(31-24(20)29-16(14)3)32-10-15(2)35-22(12-32)17-9-28-33(11-17)13-34-4/h5-9,11,15,22H,10,12-13H2,1-4H3/t15-,22-/m1/s1. The van der Waals surface area contributed by atoms with Gasteiger partial charge in [-0.25, -0.2) is 23.4 Å². The van der Waals surface area contributed by atoms with Crippen molar-refractivity contribution in [3.63, 3.8) is 0 Å². The van der Waals surface area contributed by atoms with E-state index >= 15 is 0 Å². The Kier molecular flexibility index (Phi) is 6.16. The SMILES string of the molecule is COCn1cc([C@H]2CN(c3nc(-c4ccc(F)cc4F)c4cc(C)c(C)nc4n3)C[C@@H](C)O2)cn1. The van der Waals surface area contributed by atoms with Crippen LogP contribution in [0.15, 0.2) is 36.7 Å². The van der Waals surface area contributed by atoms with Crippen LogP contribution in [0.3, 0.4) is 0 Å². The van der Waals surface area contributed by atoms with E-state index in [1.165, 1.54) is 12.1 Å². The summed E-state index contributed by atoms with van der Waals surface area (Å²) in [6.07, 6.45) is 3.27. The third-order valence-corrected chi connectivity index (χ3v) is 6.13. The van der Waals surface area contributed by atoms with Crippen molar-refractivity contribution >= 4 is 17.0 Å². The molecular weight excluding hydrogens is 454 g/mol. The van der Waals surface area contributed by atoms with Crippen LogP contribution < -0.4 is 4.90 Å². The fourth-order valence-corrected chi connectivity index (χ4v) is 4.31. The van der Waals surface area contributed by atoms with E-state index in [2.05, 4.69) is 10.1 Å². The van der Waals surface area contributed by atoms with Gasteiger partial charge in [-0.1, -0.05) is 0 Å². The first-order chi connectivity index (χ1) is 16.8. The minimum absolute atomic E-state index is 0.113. The fourth-order valence-electron chi connectivity index (χ4n) is 4.31. The zero-order chi connectivity index (χ0) is 24.7. The summed E-state index contributed by atoms with van der Waals surface area (Å²) in [6, 6.07) is 5.39. The van der Waals surface area contributed by atoms with E-state index in [1.54, 1.807) is 18.0 Å². The lowest BCUT2D eigenvalue weighted by atomic mass is 10.1. The Labute approximate surface area is 201 Å². The van der Waals surface area contributed by atoms with E-state index in [0.29, 0.717) is 42.5 Å². The first-order valence-electron chi connectivity index (χ1n) is 11.4. The minimum atomic E-state index is -0.687. The first-order valence-corrected chi connectivity index (χ1v) is 11.4. The highest BCUT2D eigenvalue weighted by atomic mass is 19.1. The van der Waals surface area contributed by atoms with Crippen molar-refractivity contribution in [1.29, 1.82) is 0 Å². The number of pyridine rings is 1. The Balaban J connectivity index is 1.59. The summed E-state index contributed by atoms with van der Waals surface area (Å²) in [5.74, 6) is -0.918. The van der Waals surface area contributed by atoms with Gasteiger partial charge in [0, 0.05) is 48.1 Å². The molecule has 0 bridgehead atoms. The third-order valence-electron chi connectivity index (χ3n) is 6.13. The average molecular weight is 481 g/mol. The van der Waals surface area contributed by atoms with E-state index in [1.807, 2.05) is 37.9 Å². The summed E-state index contributed by atoms with van der Waals surface area (Å²) in [7, 11) is 1.61. The molecule has 1 aliphatic heterocycles. The zero-order valence-corrected chi connectivity index (χ0v) is 20.0. The van der Waals surface area contributed by atoms with Crippen LogP contribution in [0.2, 0.25) is 0 Å². The molecule has 0 spiro atoms. The molecule has 0 radical (unpaired) electrons. The van der Waals surface area contributed by atoms with Crippen LogP contribution in [0, 0.1) is 25.5 Å². The molecule has 0 amide bonds. The van der Waals surface area contributed by atoms with Crippen molar-refractivity contribution in [2.75, 3.05) is 25.1 Å². The predicted octanol–water partition coefficient (Wildman–Crippen LogP) is 4.35. The van der Waals surface area contributed by atoms with Gasteiger partial charge in [0.05, 0.1) is 24.5 Å². The van der Waals surface area contributed by atoms with Crippen LogP contribution >= 0.6 is 0 Å². The monoisotopic (exact) mass is 480 g/mol. The smallest absolute Gasteiger partial charge is 0.228 e. The Morgan fingerprint density at radius 2 is 1.94 bits per heavy atom. The normalized spacial score (nSPS) is 18.4. The van der Waals surface area contributed by atoms with E-state index in [-0.39, 0.29) is 17.8 Å². The molecular formula is C25H26F2N6O2. The van der Waals surface area contributed by atoms with Gasteiger partial charge in [0.15, 0.2) is 5.65 Å². The topological polar surface area (TPSA) is 78.2 Å². The predicted molar refractivity (Wildman–Crippen MR) is 127 cm³/mol. The molecule has 4 aromatic rings. The van der Waals surface area contributed by atoms with Gasteiger partial charge >= 0.3 is 0 Å². The molecule has 0 N–H and O–H groups in total. The second-order valence-electron chi connectivity index (χ2n) is 8.83. The molecule has 182 valence electrons. The summed E-state index contributed by atoms with van der Waals surface area (Å²) in [4.78, 5) is 16.2. The van der Waals surface area contributed by atoms with Crippen LogP contribution in [0.4, 0.5) is 14.7 Å². The highest BCUT2D eigenvalue weighted by Crippen LogP contribution is 2.33. The number of aromatic nitrogens is 5. The molecule has 0 aliphatic carbocycles. The lowest BCUT2D eigenvalue weighted by molar-refractivity contribution is -0.0179. The van der Waals surface area contributed by atoms with Gasteiger partial charge in [-0.3, -0.25) is 0 Å². The fraction of sp³-hybridized carbons (Fsp3) is 0.360. The van der Waals surface area contributed by atoms with Crippen molar-refractivity contribution in [2.24, 2.45) is 0 Å². The summed E-state index contributed by atoms with van der Waals surface area (Å²) >= 11 is 0. The molecule has 1 saturated heterocycles. The van der Waals surface area contributed by atoms with Crippen molar-refractivity contribution < 1.29 is 18.3 Å². The number of fused-ring (bicyclic) bond motifs is 1. The van der Waals surface area contributed by atoms with Gasteiger partial charge in [-0.05, 0) is 44.5 Å². The van der Waals surface area contributed by atoms with E-state index in [4.69, 9.17) is 19.4 Å². The van der Waals surface area contributed by atoms with Crippen LogP contribution in [0.1, 0.15) is 29.8 Å². The zero-order valence-electron chi connectivity index (χ0n) is 20.0. The van der Waals surface area contributed by atoms with Crippen LogP contribution in [0.25, 0.3) is 22.3 Å². The third kappa shape index (κ3) is 4.59. The molecule has 8 nitrogen and oxygen atoms in total. The number of benzene rings is 1. The van der Waals surface area contributed by atoms with Gasteiger partial charge in [0.1, 0.15) is 24.5 Å². The Hall–Kier alpha value is -3.50. The summed E-state index contributed by atoms with van der Waals surface area (Å²) in [6.45, 7) is 7.18. The number of methoxy groups -OCH3 is 1. The molecule has 1 aliphatic rings. The van der Waals surface area contributed by atoms with E-state index in [0.717, 1.165) is 22.9 Å². The number of anilines is 1. The number of hydrogen-bond acceptors (Lipinski definition) is 7. The molecule has 4 heterocycles. The number of aryl methyl sites for hydroxylation is 2. The van der Waals surface area contributed by atoms with Crippen LogP contribution in [-0.4, -0.2) is 51.0 Å². The number of rotatable bonds is 5. The summed E-state index contributed by atoms with van der Waals surface area (Å²) in [5, 5.41) is 4.93. The van der Waals surface area contributed by atoms with E-state index < -0.39 is 11.6 Å². The number of hydrogen-bond donors (Lipinski definition) is 0. The first kappa shape index (κ1) is 23.3. The molecule has 10 heteroatoms. The molecule has 3 aromatic heterocycles. The van der Waals surface area contributed by atoms with Crippen molar-refractivity contribution in [3.8, 4) is 11.3 Å². The van der Waals surface area contributed by atoms with Gasteiger partial charge in [-0.2, -0.15) is 10.1 Å². The van der Waals surface area contributed by atoms with Gasteiger partial charge in [0.25, 0.3) is 0 Å². The lowest BCUT2D eigenvalue weighted by Crippen LogP contribution is -2.43. The minimum Gasteiger partial charge on any atom is -0.367 e. The second-order valence-corrected chi connectivity index (χ2v) is 8.83. The van der Waals surface area contributed by atoms with Crippen molar-refractivity contribution in [3.05, 3.63) is 65.1 Å². The number of nitrogens with zero attached hydrogens (tertiary/aromatic N) is 6. The molecule has 2 atom stereocenters. The maximum Gasteiger partial charge on any atom is 0.228 e. The second kappa shape index (κ2) is 9.27. The van der Waals surface area contributed by atoms with Gasteiger partial charge in [0.2, 0.25) is 5.95 Å². The Morgan fingerprint density at radius 3 is 2.71 bits per heavy atom. The number of halogens is 2. The average Bonchev–Trinajstić information content (AvgIpc) is 3.28. The highest BCUT2D eigenvalue weighted by Gasteiger charge is 2.30. The van der Waals surface area contributed by atoms with Crippen molar-refractivity contribution in [2.45, 2.75) is 39.7 Å². The maximum absolute atomic E-state index is 14.9. The number of ether oxygens (including phenoxy) is 2. The maximum atomic E-state index is 14.9. The summed E-state index contributed by atoms with van der Waals surface area (Å²) in [5.41, 5.74) is 3.71. The molecule has 0 unspecified atom stereocenters. The summed E-state index contributed by atoms with van der Waals surface area (Å²) < 4.78 is 41.5. The molecule has 0 saturated carbocycles. The van der Waals surface area contributed by atoms with Gasteiger partial charge < -0.3 is 14.4 Å². The number of morpholine rings is 1. The van der Waals surface area contributed by atoms with E-state index in [9.17, 15) is 8.78 Å².